The topological polar surface area (TPSA) is 68.9 Å². The van der Waals surface area contributed by atoms with E-state index in [2.05, 4.69) is 0 Å². The average Bonchev–Trinajstić information content (AvgIpc) is 2.75. The fourth-order valence-corrected chi connectivity index (χ4v) is 1.24. The van der Waals surface area contributed by atoms with Crippen LogP contribution in [-0.4, -0.2) is 30.4 Å². The van der Waals surface area contributed by atoms with Gasteiger partial charge in [0.1, 0.15) is 12.4 Å². The molecule has 5 heteroatoms. The predicted octanol–water partition coefficient (Wildman–Crippen LogP) is 1.68. The Morgan fingerprint density at radius 2 is 2.44 bits per heavy atom. The molecule has 0 aromatic carbocycles. The summed E-state index contributed by atoms with van der Waals surface area (Å²) in [6, 6.07) is 3.58. The van der Waals surface area contributed by atoms with Crippen molar-refractivity contribution in [3.63, 3.8) is 0 Å². The van der Waals surface area contributed by atoms with E-state index in [0.29, 0.717) is 26.2 Å². The van der Waals surface area contributed by atoms with Crippen molar-refractivity contribution >= 4 is 5.97 Å². The summed E-state index contributed by atoms with van der Waals surface area (Å²) >= 11 is 0. The maximum Gasteiger partial charge on any atom is 0.332 e. The van der Waals surface area contributed by atoms with E-state index < -0.39 is 12.1 Å². The molecule has 1 unspecified atom stereocenters. The van der Waals surface area contributed by atoms with Gasteiger partial charge >= 0.3 is 5.97 Å². The fourth-order valence-electron chi connectivity index (χ4n) is 1.24. The highest BCUT2D eigenvalue weighted by Gasteiger charge is 2.16. The molecule has 0 aliphatic carbocycles. The van der Waals surface area contributed by atoms with Gasteiger partial charge in [-0.15, -0.1) is 0 Å². The lowest BCUT2D eigenvalue weighted by Gasteiger charge is -2.11. The van der Waals surface area contributed by atoms with Crippen molar-refractivity contribution in [3.05, 3.63) is 24.2 Å². The van der Waals surface area contributed by atoms with Crippen molar-refractivity contribution in [2.75, 3.05) is 13.2 Å². The lowest BCUT2D eigenvalue weighted by Crippen LogP contribution is -2.25. The molecule has 0 saturated heterocycles. The van der Waals surface area contributed by atoms with Crippen LogP contribution >= 0.6 is 0 Å². The first-order chi connectivity index (χ1) is 7.74. The molecule has 16 heavy (non-hydrogen) atoms. The highest BCUT2D eigenvalue weighted by Crippen LogP contribution is 2.04. The lowest BCUT2D eigenvalue weighted by atomic mass is 10.2. The minimum absolute atomic E-state index is 0.331. The van der Waals surface area contributed by atoms with Crippen molar-refractivity contribution in [2.45, 2.75) is 26.1 Å². The molecule has 90 valence electrons. The molecule has 1 rings (SSSR count). The smallest absolute Gasteiger partial charge is 0.332 e. The zero-order valence-electron chi connectivity index (χ0n) is 9.22. The highest BCUT2D eigenvalue weighted by atomic mass is 16.5. The van der Waals surface area contributed by atoms with Crippen molar-refractivity contribution in [1.29, 1.82) is 0 Å². The summed E-state index contributed by atoms with van der Waals surface area (Å²) in [6.45, 7) is 2.83. The third kappa shape index (κ3) is 4.46. The Morgan fingerprint density at radius 3 is 3.00 bits per heavy atom. The van der Waals surface area contributed by atoms with Crippen LogP contribution in [0.3, 0.4) is 0 Å². The van der Waals surface area contributed by atoms with Crippen LogP contribution in [0.5, 0.6) is 0 Å². The molecule has 5 nitrogen and oxygen atoms in total. The largest absolute Gasteiger partial charge is 0.479 e. The third-order valence-electron chi connectivity index (χ3n) is 1.99. The van der Waals surface area contributed by atoms with Crippen molar-refractivity contribution in [2.24, 2.45) is 0 Å². The zero-order valence-corrected chi connectivity index (χ0v) is 9.22. The summed E-state index contributed by atoms with van der Waals surface area (Å²) in [4.78, 5) is 10.7. The monoisotopic (exact) mass is 228 g/mol. The van der Waals surface area contributed by atoms with Crippen LogP contribution < -0.4 is 0 Å². The van der Waals surface area contributed by atoms with Gasteiger partial charge in [0.05, 0.1) is 12.9 Å². The minimum atomic E-state index is -0.955. The highest BCUT2D eigenvalue weighted by molar-refractivity contribution is 5.72. The van der Waals surface area contributed by atoms with Gasteiger partial charge < -0.3 is 19.0 Å². The van der Waals surface area contributed by atoms with E-state index in [1.165, 1.54) is 0 Å². The third-order valence-corrected chi connectivity index (χ3v) is 1.99. The van der Waals surface area contributed by atoms with Crippen LogP contribution in [0.15, 0.2) is 22.8 Å². The second kappa shape index (κ2) is 7.03. The Labute approximate surface area is 94.0 Å². The molecule has 0 aliphatic rings. The molecule has 1 aromatic heterocycles. The van der Waals surface area contributed by atoms with E-state index in [1.54, 1.807) is 25.3 Å². The molecule has 0 radical (unpaired) electrons. The first-order valence-electron chi connectivity index (χ1n) is 5.18. The molecular formula is C11H16O5. The number of carboxylic acid groups (broad SMARTS) is 1. The predicted molar refractivity (Wildman–Crippen MR) is 56.0 cm³/mol. The second-order valence-corrected chi connectivity index (χ2v) is 3.20. The van der Waals surface area contributed by atoms with Crippen LogP contribution in [0.2, 0.25) is 0 Å². The summed E-state index contributed by atoms with van der Waals surface area (Å²) in [5.41, 5.74) is 0. The first kappa shape index (κ1) is 12.7. The van der Waals surface area contributed by atoms with Gasteiger partial charge in [-0.3, -0.25) is 0 Å². The van der Waals surface area contributed by atoms with E-state index in [0.717, 1.165) is 5.76 Å². The maximum atomic E-state index is 10.7. The number of hydrogen-bond donors (Lipinski definition) is 1. The number of carboxylic acids is 1. The molecule has 0 fully saturated rings. The van der Waals surface area contributed by atoms with E-state index in [1.807, 2.05) is 0 Å². The van der Waals surface area contributed by atoms with Crippen LogP contribution in [0.1, 0.15) is 19.1 Å². The van der Waals surface area contributed by atoms with Crippen molar-refractivity contribution in [3.8, 4) is 0 Å². The summed E-state index contributed by atoms with van der Waals surface area (Å²) in [6.07, 6.45) is 1.12. The van der Waals surface area contributed by atoms with Gasteiger partial charge in [0, 0.05) is 13.0 Å². The Hall–Kier alpha value is -1.33. The fraction of sp³-hybridized carbons (Fsp3) is 0.545. The van der Waals surface area contributed by atoms with Gasteiger partial charge in [-0.1, -0.05) is 0 Å². The lowest BCUT2D eigenvalue weighted by molar-refractivity contribution is -0.151. The van der Waals surface area contributed by atoms with E-state index in [4.69, 9.17) is 19.0 Å². The normalized spacial score (nSPS) is 12.6. The average molecular weight is 228 g/mol. The second-order valence-electron chi connectivity index (χ2n) is 3.20. The Balaban J connectivity index is 2.15. The van der Waals surface area contributed by atoms with Crippen LogP contribution in [0.4, 0.5) is 0 Å². The molecule has 1 heterocycles. The Kier molecular flexibility index (Phi) is 5.60. The molecule has 1 atom stereocenters. The number of ether oxygens (including phenoxy) is 2. The van der Waals surface area contributed by atoms with Crippen LogP contribution in [0, 0.1) is 0 Å². The summed E-state index contributed by atoms with van der Waals surface area (Å²) in [5.74, 6) is -0.230. The number of hydrogen-bond acceptors (Lipinski definition) is 4. The van der Waals surface area contributed by atoms with Crippen LogP contribution in [0.25, 0.3) is 0 Å². The molecule has 1 N–H and O–H groups in total. The summed E-state index contributed by atoms with van der Waals surface area (Å²) in [5, 5.41) is 8.79. The number of rotatable bonds is 8. The zero-order chi connectivity index (χ0) is 11.8. The Morgan fingerprint density at radius 1 is 1.62 bits per heavy atom. The van der Waals surface area contributed by atoms with E-state index in [9.17, 15) is 4.79 Å². The van der Waals surface area contributed by atoms with Gasteiger partial charge in [0.2, 0.25) is 0 Å². The SMILES string of the molecule is CCOC(CCOCc1ccco1)C(=O)O. The van der Waals surface area contributed by atoms with Crippen molar-refractivity contribution < 1.29 is 23.8 Å². The van der Waals surface area contributed by atoms with E-state index >= 15 is 0 Å². The van der Waals surface area contributed by atoms with Gasteiger partial charge in [-0.25, -0.2) is 4.79 Å². The molecule has 0 amide bonds. The molecule has 0 bridgehead atoms. The van der Waals surface area contributed by atoms with Gasteiger partial charge in [-0.05, 0) is 19.1 Å². The van der Waals surface area contributed by atoms with Gasteiger partial charge in [-0.2, -0.15) is 0 Å². The number of carbonyl (C=O) groups is 1. The number of furan rings is 1. The van der Waals surface area contributed by atoms with Gasteiger partial charge in [0.25, 0.3) is 0 Å². The maximum absolute atomic E-state index is 10.7. The summed E-state index contributed by atoms with van der Waals surface area (Å²) in [7, 11) is 0. The molecule has 0 saturated carbocycles. The van der Waals surface area contributed by atoms with Crippen LogP contribution in [-0.2, 0) is 20.9 Å². The minimum Gasteiger partial charge on any atom is -0.479 e. The molecular weight excluding hydrogens is 212 g/mol. The first-order valence-corrected chi connectivity index (χ1v) is 5.18. The molecule has 1 aromatic rings. The van der Waals surface area contributed by atoms with Crippen molar-refractivity contribution in [1.82, 2.24) is 0 Å². The summed E-state index contributed by atoms with van der Waals surface area (Å²) < 4.78 is 15.4. The quantitative estimate of drug-likeness (QED) is 0.685. The number of aliphatic carboxylic acids is 1. The Bertz CT molecular complexity index is 293. The van der Waals surface area contributed by atoms with Gasteiger partial charge in [0.15, 0.2) is 6.10 Å². The van der Waals surface area contributed by atoms with E-state index in [-0.39, 0.29) is 0 Å². The molecule has 0 spiro atoms. The standard InChI is InChI=1S/C11H16O5/c1-2-15-10(11(12)13)5-7-14-8-9-4-3-6-16-9/h3-4,6,10H,2,5,7-8H2,1H3,(H,12,13). The molecule has 0 aliphatic heterocycles.